The van der Waals surface area contributed by atoms with Crippen LogP contribution in [0.2, 0.25) is 0 Å². The van der Waals surface area contributed by atoms with Crippen LogP contribution in [0.3, 0.4) is 0 Å². The van der Waals surface area contributed by atoms with Gasteiger partial charge in [0.15, 0.2) is 0 Å². The van der Waals surface area contributed by atoms with Crippen molar-refractivity contribution in [1.29, 1.82) is 5.26 Å². The molecule has 0 saturated carbocycles. The van der Waals surface area contributed by atoms with Crippen molar-refractivity contribution in [3.63, 3.8) is 0 Å². The smallest absolute Gasteiger partial charge is 0.119 e. The predicted octanol–water partition coefficient (Wildman–Crippen LogP) is 3.97. The zero-order valence-corrected chi connectivity index (χ0v) is 10.2. The van der Waals surface area contributed by atoms with Crippen molar-refractivity contribution in [1.82, 2.24) is 0 Å². The van der Waals surface area contributed by atoms with Crippen molar-refractivity contribution >= 4 is 16.6 Å². The van der Waals surface area contributed by atoms with Gasteiger partial charge in [0, 0.05) is 5.57 Å². The van der Waals surface area contributed by atoms with Crippen molar-refractivity contribution in [2.24, 2.45) is 0 Å². The fourth-order valence-corrected chi connectivity index (χ4v) is 1.37. The largest absolute Gasteiger partial charge is 0.494 e. The SMILES string of the molecule is CCCOc1cccc(C(Cl)=C(C)C#N)c1. The Hall–Kier alpha value is -1.46. The minimum atomic E-state index is 0.476. The number of nitriles is 1. The fraction of sp³-hybridized carbons (Fsp3) is 0.308. The van der Waals surface area contributed by atoms with Gasteiger partial charge in [-0.1, -0.05) is 30.7 Å². The highest BCUT2D eigenvalue weighted by atomic mass is 35.5. The minimum Gasteiger partial charge on any atom is -0.494 e. The van der Waals surface area contributed by atoms with Gasteiger partial charge in [-0.25, -0.2) is 0 Å². The average Bonchev–Trinajstić information content (AvgIpc) is 2.34. The summed E-state index contributed by atoms with van der Waals surface area (Å²) in [6, 6.07) is 9.49. The Balaban J connectivity index is 2.95. The van der Waals surface area contributed by atoms with Gasteiger partial charge in [-0.05, 0) is 31.0 Å². The summed E-state index contributed by atoms with van der Waals surface area (Å²) >= 11 is 6.06. The molecule has 1 rings (SSSR count). The lowest BCUT2D eigenvalue weighted by Crippen LogP contribution is -1.95. The molecule has 84 valence electrons. The molecule has 0 aliphatic rings. The second-order valence-electron chi connectivity index (χ2n) is 3.43. The van der Waals surface area contributed by atoms with E-state index in [-0.39, 0.29) is 0 Å². The second-order valence-corrected chi connectivity index (χ2v) is 3.81. The molecule has 0 aromatic heterocycles. The molecule has 16 heavy (non-hydrogen) atoms. The van der Waals surface area contributed by atoms with Crippen LogP contribution in [-0.2, 0) is 0 Å². The number of hydrogen-bond donors (Lipinski definition) is 0. The number of hydrogen-bond acceptors (Lipinski definition) is 2. The first-order valence-electron chi connectivity index (χ1n) is 5.18. The van der Waals surface area contributed by atoms with Crippen LogP contribution >= 0.6 is 11.6 Å². The van der Waals surface area contributed by atoms with Crippen LogP contribution in [0.25, 0.3) is 5.03 Å². The fourth-order valence-electron chi connectivity index (χ4n) is 1.21. The van der Waals surface area contributed by atoms with Crippen molar-refractivity contribution in [3.8, 4) is 11.8 Å². The molecule has 0 heterocycles. The monoisotopic (exact) mass is 235 g/mol. The van der Waals surface area contributed by atoms with Gasteiger partial charge in [-0.3, -0.25) is 0 Å². The zero-order chi connectivity index (χ0) is 12.0. The third-order valence-corrected chi connectivity index (χ3v) is 2.56. The molecular weight excluding hydrogens is 222 g/mol. The van der Waals surface area contributed by atoms with Crippen LogP contribution < -0.4 is 4.74 Å². The van der Waals surface area contributed by atoms with E-state index in [1.807, 2.05) is 30.3 Å². The van der Waals surface area contributed by atoms with Crippen LogP contribution in [0.1, 0.15) is 25.8 Å². The number of nitrogens with zero attached hydrogens (tertiary/aromatic N) is 1. The van der Waals surface area contributed by atoms with Crippen molar-refractivity contribution < 1.29 is 4.74 Å². The average molecular weight is 236 g/mol. The highest BCUT2D eigenvalue weighted by Gasteiger charge is 2.04. The molecule has 0 unspecified atom stereocenters. The number of rotatable bonds is 4. The third kappa shape index (κ3) is 3.29. The molecule has 0 bridgehead atoms. The minimum absolute atomic E-state index is 0.476. The van der Waals surface area contributed by atoms with Crippen LogP contribution in [-0.4, -0.2) is 6.61 Å². The van der Waals surface area contributed by atoms with Crippen molar-refractivity contribution in [2.75, 3.05) is 6.61 Å². The molecule has 0 amide bonds. The van der Waals surface area contributed by atoms with E-state index in [2.05, 4.69) is 6.92 Å². The van der Waals surface area contributed by atoms with Crippen molar-refractivity contribution in [2.45, 2.75) is 20.3 Å². The van der Waals surface area contributed by atoms with E-state index in [0.29, 0.717) is 17.2 Å². The molecule has 0 aliphatic heterocycles. The van der Waals surface area contributed by atoms with Gasteiger partial charge in [0.05, 0.1) is 17.7 Å². The molecule has 3 heteroatoms. The quantitative estimate of drug-likeness (QED) is 0.740. The molecular formula is C13H14ClNO. The van der Waals surface area contributed by atoms with Crippen LogP contribution in [0.15, 0.2) is 29.8 Å². The van der Waals surface area contributed by atoms with Crippen LogP contribution in [0.5, 0.6) is 5.75 Å². The molecule has 2 nitrogen and oxygen atoms in total. The van der Waals surface area contributed by atoms with E-state index in [4.69, 9.17) is 21.6 Å². The lowest BCUT2D eigenvalue weighted by Gasteiger charge is -2.06. The van der Waals surface area contributed by atoms with Crippen LogP contribution in [0, 0.1) is 11.3 Å². The van der Waals surface area contributed by atoms with E-state index in [9.17, 15) is 0 Å². The summed E-state index contributed by atoms with van der Waals surface area (Å²) in [5.74, 6) is 0.781. The summed E-state index contributed by atoms with van der Waals surface area (Å²) in [5, 5.41) is 9.23. The van der Waals surface area contributed by atoms with Gasteiger partial charge in [-0.15, -0.1) is 0 Å². The molecule has 0 radical (unpaired) electrons. The lowest BCUT2D eigenvalue weighted by atomic mass is 10.1. The summed E-state index contributed by atoms with van der Waals surface area (Å²) in [6.45, 7) is 4.43. The summed E-state index contributed by atoms with van der Waals surface area (Å²) in [5.41, 5.74) is 1.32. The first-order chi connectivity index (χ1) is 7.69. The molecule has 1 aromatic carbocycles. The Labute approximate surface area is 101 Å². The van der Waals surface area contributed by atoms with Crippen molar-refractivity contribution in [3.05, 3.63) is 35.4 Å². The molecule has 0 saturated heterocycles. The zero-order valence-electron chi connectivity index (χ0n) is 9.46. The third-order valence-electron chi connectivity index (χ3n) is 2.06. The Morgan fingerprint density at radius 1 is 1.50 bits per heavy atom. The first kappa shape index (κ1) is 12.6. The molecule has 0 fully saturated rings. The second kappa shape index (κ2) is 6.19. The first-order valence-corrected chi connectivity index (χ1v) is 5.56. The summed E-state index contributed by atoms with van der Waals surface area (Å²) in [7, 11) is 0. The number of halogens is 1. The lowest BCUT2D eigenvalue weighted by molar-refractivity contribution is 0.317. The maximum absolute atomic E-state index is 8.75. The van der Waals surface area contributed by atoms with Gasteiger partial charge in [-0.2, -0.15) is 5.26 Å². The Kier molecular flexibility index (Phi) is 4.88. The highest BCUT2D eigenvalue weighted by molar-refractivity contribution is 6.49. The predicted molar refractivity (Wildman–Crippen MR) is 66.3 cm³/mol. The summed E-state index contributed by atoms with van der Waals surface area (Å²) in [6.07, 6.45) is 0.963. The number of ether oxygens (including phenoxy) is 1. The maximum atomic E-state index is 8.75. The van der Waals surface area contributed by atoms with E-state index in [0.717, 1.165) is 17.7 Å². The van der Waals surface area contributed by atoms with Gasteiger partial charge >= 0.3 is 0 Å². The number of benzene rings is 1. The highest BCUT2D eigenvalue weighted by Crippen LogP contribution is 2.25. The Bertz CT molecular complexity index is 432. The normalized spacial score (nSPS) is 11.6. The topological polar surface area (TPSA) is 33.0 Å². The number of allylic oxidation sites excluding steroid dienone is 1. The van der Waals surface area contributed by atoms with E-state index >= 15 is 0 Å². The summed E-state index contributed by atoms with van der Waals surface area (Å²) < 4.78 is 5.50. The molecule has 1 aromatic rings. The summed E-state index contributed by atoms with van der Waals surface area (Å²) in [4.78, 5) is 0. The maximum Gasteiger partial charge on any atom is 0.119 e. The van der Waals surface area contributed by atoms with E-state index < -0.39 is 0 Å². The Morgan fingerprint density at radius 3 is 2.88 bits per heavy atom. The molecule has 0 atom stereocenters. The van der Waals surface area contributed by atoms with Gasteiger partial charge in [0.1, 0.15) is 5.75 Å². The molecule has 0 spiro atoms. The molecule has 0 N–H and O–H groups in total. The molecule has 0 aliphatic carbocycles. The van der Waals surface area contributed by atoms with Gasteiger partial charge in [0.25, 0.3) is 0 Å². The van der Waals surface area contributed by atoms with E-state index in [1.54, 1.807) is 6.92 Å². The van der Waals surface area contributed by atoms with Gasteiger partial charge < -0.3 is 4.74 Å². The van der Waals surface area contributed by atoms with E-state index in [1.165, 1.54) is 0 Å². The standard InChI is InChI=1S/C13H14ClNO/c1-3-7-16-12-6-4-5-11(8-12)13(14)10(2)9-15/h4-6,8H,3,7H2,1-2H3. The van der Waals surface area contributed by atoms with Crippen LogP contribution in [0.4, 0.5) is 0 Å². The van der Waals surface area contributed by atoms with Gasteiger partial charge in [0.2, 0.25) is 0 Å². The Morgan fingerprint density at radius 2 is 2.25 bits per heavy atom.